The van der Waals surface area contributed by atoms with Crippen LogP contribution in [0.2, 0.25) is 0 Å². The zero-order valence-electron chi connectivity index (χ0n) is 17.2. The van der Waals surface area contributed by atoms with Crippen LogP contribution in [-0.2, 0) is 23.5 Å². The van der Waals surface area contributed by atoms with Crippen LogP contribution in [0.3, 0.4) is 0 Å². The fourth-order valence-corrected chi connectivity index (χ4v) is 4.26. The average molecular weight is 409 g/mol. The Morgan fingerprint density at radius 2 is 1.90 bits per heavy atom. The molecule has 0 radical (unpaired) electrons. The second kappa shape index (κ2) is 9.42. The first-order valence-corrected chi connectivity index (χ1v) is 11.1. The molecule has 0 aliphatic carbocycles. The molecule has 152 valence electrons. The van der Waals surface area contributed by atoms with Crippen molar-refractivity contribution in [1.82, 2.24) is 4.98 Å². The van der Waals surface area contributed by atoms with Gasteiger partial charge in [-0.25, -0.2) is 0 Å². The summed E-state index contributed by atoms with van der Waals surface area (Å²) in [4.78, 5) is 15.8. The van der Waals surface area contributed by atoms with E-state index in [0.29, 0.717) is 18.2 Å². The van der Waals surface area contributed by atoms with Crippen LogP contribution in [-0.4, -0.2) is 21.8 Å². The third-order valence-corrected chi connectivity index (χ3v) is 5.86. The normalized spacial score (nSPS) is 11.3. The van der Waals surface area contributed by atoms with Crippen molar-refractivity contribution >= 4 is 28.6 Å². The maximum atomic E-state index is 10.8. The zero-order valence-corrected chi connectivity index (χ0v) is 18.1. The van der Waals surface area contributed by atoms with Crippen LogP contribution >= 0.6 is 11.8 Å². The molecule has 0 amide bonds. The highest BCUT2D eigenvalue weighted by molar-refractivity contribution is 7.99. The van der Waals surface area contributed by atoms with Gasteiger partial charge in [-0.1, -0.05) is 49.7 Å². The second-order valence-corrected chi connectivity index (χ2v) is 8.80. The Labute approximate surface area is 176 Å². The number of fused-ring (bicyclic) bond motifs is 1. The van der Waals surface area contributed by atoms with Gasteiger partial charge in [0.2, 0.25) is 0 Å². The summed E-state index contributed by atoms with van der Waals surface area (Å²) in [5.74, 6) is 0.452. The first-order valence-electron chi connectivity index (χ1n) is 9.90. The van der Waals surface area contributed by atoms with Crippen molar-refractivity contribution in [3.63, 3.8) is 0 Å². The van der Waals surface area contributed by atoms with E-state index < -0.39 is 5.97 Å². The molecule has 0 spiro atoms. The standard InChI is InChI=1S/C24H28N2O2S/c1-15(2)10-22-20(12-25)24(18-7-4-16(3)5-8-18)19-11-17(6-9-21(19)26-22)13-29-14-23(27)28/h4-9,11,15H,10,12-14,25H2,1-3H3,(H,27,28). The highest BCUT2D eigenvalue weighted by atomic mass is 32.2. The number of pyridine rings is 1. The minimum Gasteiger partial charge on any atom is -0.481 e. The van der Waals surface area contributed by atoms with E-state index in [1.54, 1.807) is 0 Å². The van der Waals surface area contributed by atoms with Gasteiger partial charge < -0.3 is 10.8 Å². The van der Waals surface area contributed by atoms with Gasteiger partial charge in [0.15, 0.2) is 0 Å². The van der Waals surface area contributed by atoms with Crippen molar-refractivity contribution in [1.29, 1.82) is 0 Å². The average Bonchev–Trinajstić information content (AvgIpc) is 2.67. The van der Waals surface area contributed by atoms with Gasteiger partial charge in [-0.2, -0.15) is 0 Å². The lowest BCUT2D eigenvalue weighted by Crippen LogP contribution is -2.10. The molecule has 1 aromatic heterocycles. The van der Waals surface area contributed by atoms with Crippen LogP contribution in [0.1, 0.15) is 36.2 Å². The van der Waals surface area contributed by atoms with Crippen LogP contribution in [0.4, 0.5) is 0 Å². The molecule has 0 saturated heterocycles. The maximum absolute atomic E-state index is 10.8. The molecule has 0 atom stereocenters. The number of thioether (sulfide) groups is 1. The fourth-order valence-electron chi connectivity index (χ4n) is 3.57. The van der Waals surface area contributed by atoms with Gasteiger partial charge in [-0.05, 0) is 53.6 Å². The van der Waals surface area contributed by atoms with E-state index in [2.05, 4.69) is 51.1 Å². The van der Waals surface area contributed by atoms with Crippen LogP contribution < -0.4 is 5.73 Å². The Bertz CT molecular complexity index is 1010. The zero-order chi connectivity index (χ0) is 21.0. The number of aliphatic carboxylic acids is 1. The predicted molar refractivity (Wildman–Crippen MR) is 122 cm³/mol. The largest absolute Gasteiger partial charge is 0.481 e. The number of hydrogen-bond donors (Lipinski definition) is 2. The van der Waals surface area contributed by atoms with Gasteiger partial charge in [-0.15, -0.1) is 11.8 Å². The molecule has 3 aromatic rings. The third-order valence-electron chi connectivity index (χ3n) is 4.88. The van der Waals surface area contributed by atoms with Crippen molar-refractivity contribution in [2.75, 3.05) is 5.75 Å². The van der Waals surface area contributed by atoms with Crippen LogP contribution in [0.15, 0.2) is 42.5 Å². The number of carboxylic acid groups (broad SMARTS) is 1. The number of benzene rings is 2. The van der Waals surface area contributed by atoms with E-state index in [1.165, 1.54) is 17.3 Å². The van der Waals surface area contributed by atoms with E-state index in [1.807, 2.05) is 12.1 Å². The molecule has 3 rings (SSSR count). The highest BCUT2D eigenvalue weighted by Crippen LogP contribution is 2.35. The number of carboxylic acids is 1. The molecular weight excluding hydrogens is 380 g/mol. The Balaban J connectivity index is 2.18. The molecule has 1 heterocycles. The lowest BCUT2D eigenvalue weighted by Gasteiger charge is -2.18. The number of nitrogens with two attached hydrogens (primary N) is 1. The van der Waals surface area contributed by atoms with Gasteiger partial charge in [-0.3, -0.25) is 9.78 Å². The SMILES string of the molecule is Cc1ccc(-c2c(CN)c(CC(C)C)nc3ccc(CSCC(=O)O)cc23)cc1. The molecule has 0 saturated carbocycles. The number of hydrogen-bond acceptors (Lipinski definition) is 4. The summed E-state index contributed by atoms with van der Waals surface area (Å²) in [6, 6.07) is 14.8. The summed E-state index contributed by atoms with van der Waals surface area (Å²) in [7, 11) is 0. The molecule has 4 nitrogen and oxygen atoms in total. The number of rotatable bonds is 8. The lowest BCUT2D eigenvalue weighted by atomic mass is 9.90. The molecule has 5 heteroatoms. The summed E-state index contributed by atoms with van der Waals surface area (Å²) in [5.41, 5.74) is 14.0. The second-order valence-electron chi connectivity index (χ2n) is 7.82. The summed E-state index contributed by atoms with van der Waals surface area (Å²) in [6.07, 6.45) is 0.886. The molecule has 3 N–H and O–H groups in total. The van der Waals surface area contributed by atoms with Crippen molar-refractivity contribution in [3.8, 4) is 11.1 Å². The molecule has 29 heavy (non-hydrogen) atoms. The Morgan fingerprint density at radius 3 is 2.52 bits per heavy atom. The van der Waals surface area contributed by atoms with E-state index in [9.17, 15) is 4.79 Å². The van der Waals surface area contributed by atoms with Gasteiger partial charge in [0.05, 0.1) is 11.3 Å². The smallest absolute Gasteiger partial charge is 0.313 e. The third kappa shape index (κ3) is 5.17. The van der Waals surface area contributed by atoms with E-state index in [-0.39, 0.29) is 5.75 Å². The molecule has 2 aromatic carbocycles. The van der Waals surface area contributed by atoms with Gasteiger partial charge in [0, 0.05) is 23.4 Å². The first-order chi connectivity index (χ1) is 13.9. The molecular formula is C24H28N2O2S. The summed E-state index contributed by atoms with van der Waals surface area (Å²) < 4.78 is 0. The van der Waals surface area contributed by atoms with Gasteiger partial charge >= 0.3 is 5.97 Å². The summed E-state index contributed by atoms with van der Waals surface area (Å²) in [5, 5.41) is 9.98. The Kier molecular flexibility index (Phi) is 6.93. The summed E-state index contributed by atoms with van der Waals surface area (Å²) >= 11 is 1.40. The number of nitrogens with zero attached hydrogens (tertiary/aromatic N) is 1. The number of carbonyl (C=O) groups is 1. The van der Waals surface area contributed by atoms with Crippen molar-refractivity contribution < 1.29 is 9.90 Å². The minimum atomic E-state index is -0.790. The van der Waals surface area contributed by atoms with Crippen LogP contribution in [0.25, 0.3) is 22.0 Å². The predicted octanol–water partition coefficient (Wildman–Crippen LogP) is 5.19. The molecule has 0 unspecified atom stereocenters. The molecule has 0 aliphatic heterocycles. The molecule has 0 bridgehead atoms. The highest BCUT2D eigenvalue weighted by Gasteiger charge is 2.17. The monoisotopic (exact) mass is 408 g/mol. The minimum absolute atomic E-state index is 0.0997. The van der Waals surface area contributed by atoms with E-state index in [0.717, 1.165) is 45.3 Å². The van der Waals surface area contributed by atoms with E-state index in [4.69, 9.17) is 15.8 Å². The van der Waals surface area contributed by atoms with Crippen molar-refractivity contribution in [2.45, 2.75) is 39.5 Å². The molecule has 0 fully saturated rings. The number of aromatic nitrogens is 1. The van der Waals surface area contributed by atoms with Crippen LogP contribution in [0.5, 0.6) is 0 Å². The number of aryl methyl sites for hydroxylation is 1. The van der Waals surface area contributed by atoms with Crippen LogP contribution in [0, 0.1) is 12.8 Å². The lowest BCUT2D eigenvalue weighted by molar-refractivity contribution is -0.133. The Hall–Kier alpha value is -2.37. The summed E-state index contributed by atoms with van der Waals surface area (Å²) in [6.45, 7) is 6.91. The quantitative estimate of drug-likeness (QED) is 0.537. The first kappa shape index (κ1) is 21.3. The van der Waals surface area contributed by atoms with E-state index >= 15 is 0 Å². The molecule has 0 aliphatic rings. The maximum Gasteiger partial charge on any atom is 0.313 e. The fraction of sp³-hybridized carbons (Fsp3) is 0.333. The van der Waals surface area contributed by atoms with Gasteiger partial charge in [0.1, 0.15) is 0 Å². The van der Waals surface area contributed by atoms with Crippen molar-refractivity contribution in [2.24, 2.45) is 11.7 Å². The van der Waals surface area contributed by atoms with Gasteiger partial charge in [0.25, 0.3) is 0 Å². The van der Waals surface area contributed by atoms with Crippen molar-refractivity contribution in [3.05, 3.63) is 64.8 Å². The topological polar surface area (TPSA) is 76.2 Å². The Morgan fingerprint density at radius 1 is 1.17 bits per heavy atom.